The standard InChI is InChI=1S/C24H14Cl3N3O4S2/c25-14-6-3-12(4-7-14)11-35-24-29-28-23(36-24)30-19(13-5-8-15(26)16(27)10-13)18(21(32)22(30)33)20(31)17-2-1-9-34-17/h1-10,19,32H,11H2. The van der Waals surface area contributed by atoms with Crippen LogP contribution in [0.2, 0.25) is 15.1 Å². The van der Waals surface area contributed by atoms with E-state index in [0.29, 0.717) is 25.7 Å². The molecule has 2 aromatic heterocycles. The smallest absolute Gasteiger partial charge is 0.296 e. The molecule has 1 unspecified atom stereocenters. The van der Waals surface area contributed by atoms with Gasteiger partial charge in [-0.2, -0.15) is 0 Å². The summed E-state index contributed by atoms with van der Waals surface area (Å²) in [4.78, 5) is 27.7. The highest BCUT2D eigenvalue weighted by atomic mass is 35.5. The maximum absolute atomic E-state index is 13.3. The number of benzene rings is 2. The van der Waals surface area contributed by atoms with Crippen molar-refractivity contribution in [1.29, 1.82) is 0 Å². The molecule has 1 N–H and O–H groups in total. The van der Waals surface area contributed by atoms with E-state index in [1.54, 1.807) is 36.4 Å². The van der Waals surface area contributed by atoms with Crippen molar-refractivity contribution in [3.8, 4) is 0 Å². The second kappa shape index (κ2) is 10.3. The molecule has 1 atom stereocenters. The van der Waals surface area contributed by atoms with Crippen LogP contribution in [0.25, 0.3) is 0 Å². The van der Waals surface area contributed by atoms with Gasteiger partial charge in [-0.25, -0.2) is 0 Å². The Kier molecular flexibility index (Phi) is 7.09. The number of nitrogens with zero attached hydrogens (tertiary/aromatic N) is 3. The van der Waals surface area contributed by atoms with Crippen molar-refractivity contribution < 1.29 is 19.1 Å². The fourth-order valence-corrected chi connectivity index (χ4v) is 5.91. The summed E-state index contributed by atoms with van der Waals surface area (Å²) in [5.41, 5.74) is 1.35. The molecule has 0 fully saturated rings. The molecule has 0 saturated carbocycles. The van der Waals surface area contributed by atoms with Crippen LogP contribution in [0.1, 0.15) is 27.7 Å². The second-order valence-electron chi connectivity index (χ2n) is 7.59. The van der Waals surface area contributed by atoms with Crippen LogP contribution in [0.3, 0.4) is 0 Å². The summed E-state index contributed by atoms with van der Waals surface area (Å²) in [5, 5.41) is 20.6. The normalized spacial score (nSPS) is 15.7. The number of Topliss-reactive ketones (excluding diaryl/α,β-unsaturated/α-hetero) is 1. The number of halogens is 3. The second-order valence-corrected chi connectivity index (χ2v) is 11.0. The molecule has 0 spiro atoms. The lowest BCUT2D eigenvalue weighted by Crippen LogP contribution is -2.31. The van der Waals surface area contributed by atoms with Crippen LogP contribution < -0.4 is 4.90 Å². The Morgan fingerprint density at radius 1 is 1.08 bits per heavy atom. The lowest BCUT2D eigenvalue weighted by atomic mass is 9.95. The summed E-state index contributed by atoms with van der Waals surface area (Å²) in [6.07, 6.45) is 1.34. The van der Waals surface area contributed by atoms with Gasteiger partial charge in [-0.05, 0) is 47.5 Å². The van der Waals surface area contributed by atoms with Crippen molar-refractivity contribution in [3.05, 3.63) is 104 Å². The number of amides is 1. The summed E-state index contributed by atoms with van der Waals surface area (Å²) < 4.78 is 5.84. The van der Waals surface area contributed by atoms with Crippen LogP contribution in [-0.2, 0) is 10.5 Å². The number of aromatic nitrogens is 2. The molecule has 182 valence electrons. The Morgan fingerprint density at radius 2 is 1.86 bits per heavy atom. The highest BCUT2D eigenvalue weighted by molar-refractivity contribution is 8.00. The molecule has 4 aromatic rings. The van der Waals surface area contributed by atoms with E-state index in [1.165, 1.54) is 29.0 Å². The van der Waals surface area contributed by atoms with Gasteiger partial charge in [0.15, 0.2) is 15.9 Å². The van der Waals surface area contributed by atoms with Gasteiger partial charge in [0.1, 0.15) is 0 Å². The largest absolute Gasteiger partial charge is 0.503 e. The highest BCUT2D eigenvalue weighted by Crippen LogP contribution is 2.44. The number of aliphatic hydroxyl groups is 1. The first-order valence-corrected chi connectivity index (χ1v) is 13.3. The van der Waals surface area contributed by atoms with Gasteiger partial charge < -0.3 is 9.52 Å². The third-order valence-corrected chi connectivity index (χ3v) is 8.45. The summed E-state index contributed by atoms with van der Waals surface area (Å²) in [5.74, 6) is -1.52. The number of hydrogen-bond acceptors (Lipinski definition) is 8. The van der Waals surface area contributed by atoms with Crippen LogP contribution >= 0.6 is 57.9 Å². The molecule has 36 heavy (non-hydrogen) atoms. The lowest BCUT2D eigenvalue weighted by Gasteiger charge is -2.24. The molecule has 12 heteroatoms. The zero-order chi connectivity index (χ0) is 25.4. The number of rotatable bonds is 7. The van der Waals surface area contributed by atoms with E-state index in [0.717, 1.165) is 16.9 Å². The van der Waals surface area contributed by atoms with E-state index in [4.69, 9.17) is 39.2 Å². The predicted octanol–water partition coefficient (Wildman–Crippen LogP) is 7.17. The quantitative estimate of drug-likeness (QED) is 0.141. The highest BCUT2D eigenvalue weighted by Gasteiger charge is 2.46. The molecule has 1 aliphatic heterocycles. The van der Waals surface area contributed by atoms with Crippen LogP contribution in [0.5, 0.6) is 0 Å². The van der Waals surface area contributed by atoms with Crippen LogP contribution in [0.4, 0.5) is 5.13 Å². The number of carbonyl (C=O) groups is 2. The first kappa shape index (κ1) is 24.9. The Morgan fingerprint density at radius 3 is 2.56 bits per heavy atom. The van der Waals surface area contributed by atoms with E-state index in [-0.39, 0.29) is 21.5 Å². The minimum Gasteiger partial charge on any atom is -0.503 e. The fourth-order valence-electron chi connectivity index (χ4n) is 3.66. The summed E-state index contributed by atoms with van der Waals surface area (Å²) in [6, 6.07) is 14.1. The zero-order valence-electron chi connectivity index (χ0n) is 18.0. The minimum atomic E-state index is -1.02. The van der Waals surface area contributed by atoms with E-state index >= 15 is 0 Å². The van der Waals surface area contributed by atoms with Gasteiger partial charge >= 0.3 is 0 Å². The van der Waals surface area contributed by atoms with Gasteiger partial charge in [0.25, 0.3) is 5.91 Å². The van der Waals surface area contributed by atoms with Gasteiger partial charge in [0, 0.05) is 10.8 Å². The topological polar surface area (TPSA) is 96.5 Å². The first-order valence-electron chi connectivity index (χ1n) is 10.3. The van der Waals surface area contributed by atoms with Crippen LogP contribution in [-0.4, -0.2) is 27.0 Å². The molecule has 2 aromatic carbocycles. The average Bonchev–Trinajstić information content (AvgIpc) is 3.61. The molecule has 1 amide bonds. The Balaban J connectivity index is 1.50. The molecule has 0 saturated heterocycles. The molecule has 3 heterocycles. The van der Waals surface area contributed by atoms with Crippen molar-refractivity contribution in [2.45, 2.75) is 16.1 Å². The molecular formula is C24H14Cl3N3O4S2. The Bertz CT molecular complexity index is 1490. The van der Waals surface area contributed by atoms with Gasteiger partial charge in [0.05, 0.1) is 27.9 Å². The van der Waals surface area contributed by atoms with Crippen LogP contribution in [0, 0.1) is 0 Å². The monoisotopic (exact) mass is 577 g/mol. The zero-order valence-corrected chi connectivity index (χ0v) is 21.9. The van der Waals surface area contributed by atoms with Gasteiger partial charge in [-0.15, -0.1) is 10.2 Å². The van der Waals surface area contributed by atoms with E-state index in [9.17, 15) is 14.7 Å². The SMILES string of the molecule is O=C(C1=C(O)C(=O)N(c2nnc(SCc3ccc(Cl)cc3)s2)C1c1ccc(Cl)c(Cl)c1)c1ccco1. The molecule has 5 rings (SSSR count). The first-order chi connectivity index (χ1) is 17.3. The summed E-state index contributed by atoms with van der Waals surface area (Å²) in [7, 11) is 0. The fraction of sp³-hybridized carbons (Fsp3) is 0.0833. The van der Waals surface area contributed by atoms with Gasteiger partial charge in [-0.1, -0.05) is 76.1 Å². The molecule has 7 nitrogen and oxygen atoms in total. The van der Waals surface area contributed by atoms with Crippen molar-refractivity contribution in [2.24, 2.45) is 0 Å². The van der Waals surface area contributed by atoms with Crippen molar-refractivity contribution >= 4 is 74.7 Å². The maximum Gasteiger partial charge on any atom is 0.296 e. The van der Waals surface area contributed by atoms with Crippen LogP contribution in [0.15, 0.2) is 80.9 Å². The molecule has 0 bridgehead atoms. The number of anilines is 1. The minimum absolute atomic E-state index is 0.0206. The molecule has 0 radical (unpaired) electrons. The Labute approximate surface area is 228 Å². The maximum atomic E-state index is 13.3. The number of thioether (sulfide) groups is 1. The van der Waals surface area contributed by atoms with E-state index in [1.807, 2.05) is 12.1 Å². The molecular weight excluding hydrogens is 565 g/mol. The molecule has 1 aliphatic rings. The summed E-state index contributed by atoms with van der Waals surface area (Å²) in [6.45, 7) is 0. The van der Waals surface area contributed by atoms with Gasteiger partial charge in [-0.3, -0.25) is 14.5 Å². The lowest BCUT2D eigenvalue weighted by molar-refractivity contribution is -0.117. The van der Waals surface area contributed by atoms with Crippen molar-refractivity contribution in [2.75, 3.05) is 4.90 Å². The number of aliphatic hydroxyl groups excluding tert-OH is 1. The number of ketones is 1. The predicted molar refractivity (Wildman–Crippen MR) is 140 cm³/mol. The van der Waals surface area contributed by atoms with Crippen molar-refractivity contribution in [3.63, 3.8) is 0 Å². The Hall–Kier alpha value is -2.82. The number of hydrogen-bond donors (Lipinski definition) is 1. The summed E-state index contributed by atoms with van der Waals surface area (Å²) >= 11 is 20.9. The average molecular weight is 579 g/mol. The third-order valence-electron chi connectivity index (χ3n) is 5.33. The third kappa shape index (κ3) is 4.77. The van der Waals surface area contributed by atoms with E-state index < -0.39 is 23.5 Å². The number of furan rings is 1. The van der Waals surface area contributed by atoms with Gasteiger partial charge in [0.2, 0.25) is 10.9 Å². The molecule has 0 aliphatic carbocycles. The van der Waals surface area contributed by atoms with Crippen molar-refractivity contribution in [1.82, 2.24) is 10.2 Å². The van der Waals surface area contributed by atoms with E-state index in [2.05, 4.69) is 10.2 Å². The number of carbonyl (C=O) groups excluding carboxylic acids is 2.